The quantitative estimate of drug-likeness (QED) is 0.744. The van der Waals surface area contributed by atoms with E-state index in [1.807, 2.05) is 46.8 Å². The molecule has 0 spiro atoms. The molecule has 1 amide bonds. The van der Waals surface area contributed by atoms with Crippen LogP contribution in [0, 0.1) is 34.6 Å². The summed E-state index contributed by atoms with van der Waals surface area (Å²) in [5.74, 6) is 0.778. The highest BCUT2D eigenvalue weighted by atomic mass is 32.2. The van der Waals surface area contributed by atoms with Crippen LogP contribution in [0.3, 0.4) is 0 Å². The van der Waals surface area contributed by atoms with E-state index >= 15 is 0 Å². The van der Waals surface area contributed by atoms with Crippen LogP contribution in [-0.4, -0.2) is 54.9 Å². The van der Waals surface area contributed by atoms with Crippen LogP contribution in [0.15, 0.2) is 21.6 Å². The standard InChI is InChI=1S/C21H29N3O4S/c1-14-12-15(2)21(16(3)13-14)29(26,27)24-10-8-23(9-11-24)20(25)7-6-19-17(4)22-28-18(19)5/h12-13H,6-11H2,1-5H3. The van der Waals surface area contributed by atoms with Crippen molar-refractivity contribution in [3.05, 3.63) is 45.8 Å². The third-order valence-electron chi connectivity index (χ3n) is 5.56. The third-order valence-corrected chi connectivity index (χ3v) is 7.77. The lowest BCUT2D eigenvalue weighted by Crippen LogP contribution is -2.50. The number of carbonyl (C=O) groups excluding carboxylic acids is 1. The minimum Gasteiger partial charge on any atom is -0.361 e. The van der Waals surface area contributed by atoms with Gasteiger partial charge in [-0.2, -0.15) is 4.31 Å². The monoisotopic (exact) mass is 419 g/mol. The Balaban J connectivity index is 1.63. The fraction of sp³-hybridized carbons (Fsp3) is 0.524. The van der Waals surface area contributed by atoms with Crippen molar-refractivity contribution >= 4 is 15.9 Å². The molecule has 1 aromatic carbocycles. The van der Waals surface area contributed by atoms with Crippen LogP contribution in [0.5, 0.6) is 0 Å². The molecule has 1 fully saturated rings. The van der Waals surface area contributed by atoms with E-state index in [2.05, 4.69) is 5.16 Å². The van der Waals surface area contributed by atoms with E-state index in [1.54, 1.807) is 4.90 Å². The van der Waals surface area contributed by atoms with Crippen LogP contribution in [-0.2, 0) is 21.2 Å². The van der Waals surface area contributed by atoms with Crippen molar-refractivity contribution in [2.24, 2.45) is 0 Å². The van der Waals surface area contributed by atoms with Crippen molar-refractivity contribution in [2.45, 2.75) is 52.4 Å². The van der Waals surface area contributed by atoms with Crippen LogP contribution in [0.4, 0.5) is 0 Å². The number of rotatable bonds is 5. The van der Waals surface area contributed by atoms with E-state index in [-0.39, 0.29) is 5.91 Å². The molecular formula is C21H29N3O4S. The first-order valence-electron chi connectivity index (χ1n) is 9.88. The van der Waals surface area contributed by atoms with E-state index in [0.717, 1.165) is 33.7 Å². The van der Waals surface area contributed by atoms with Crippen molar-refractivity contribution in [3.63, 3.8) is 0 Å². The Kier molecular flexibility index (Phi) is 6.14. The normalized spacial score (nSPS) is 15.7. The Hall–Kier alpha value is -2.19. The lowest BCUT2D eigenvalue weighted by Gasteiger charge is -2.34. The Bertz CT molecular complexity index is 976. The lowest BCUT2D eigenvalue weighted by atomic mass is 10.1. The Labute approximate surface area is 172 Å². The van der Waals surface area contributed by atoms with Gasteiger partial charge in [-0.05, 0) is 52.2 Å². The maximum absolute atomic E-state index is 13.2. The van der Waals surface area contributed by atoms with Crippen molar-refractivity contribution in [3.8, 4) is 0 Å². The SMILES string of the molecule is Cc1cc(C)c(S(=O)(=O)N2CCN(C(=O)CCc3c(C)noc3C)CC2)c(C)c1. The van der Waals surface area contributed by atoms with Crippen molar-refractivity contribution in [1.29, 1.82) is 0 Å². The molecule has 3 rings (SSSR count). The summed E-state index contributed by atoms with van der Waals surface area (Å²) in [6.07, 6.45) is 0.950. The van der Waals surface area contributed by atoms with Gasteiger partial charge in [0.25, 0.3) is 0 Å². The van der Waals surface area contributed by atoms with E-state index < -0.39 is 10.0 Å². The minimum absolute atomic E-state index is 0.0322. The van der Waals surface area contributed by atoms with Crippen LogP contribution < -0.4 is 0 Å². The fourth-order valence-corrected chi connectivity index (χ4v) is 5.96. The number of carbonyl (C=O) groups is 1. The van der Waals surface area contributed by atoms with Gasteiger partial charge in [0.2, 0.25) is 15.9 Å². The number of nitrogens with zero attached hydrogens (tertiary/aromatic N) is 3. The van der Waals surface area contributed by atoms with Gasteiger partial charge >= 0.3 is 0 Å². The molecule has 158 valence electrons. The number of benzene rings is 1. The summed E-state index contributed by atoms with van der Waals surface area (Å²) in [6, 6.07) is 3.79. The summed E-state index contributed by atoms with van der Waals surface area (Å²) < 4.78 is 33.0. The maximum Gasteiger partial charge on any atom is 0.243 e. The molecule has 0 saturated carbocycles. The number of sulfonamides is 1. The number of hydrogen-bond donors (Lipinski definition) is 0. The third kappa shape index (κ3) is 4.38. The van der Waals surface area contributed by atoms with E-state index in [0.29, 0.717) is 43.9 Å². The highest BCUT2D eigenvalue weighted by Gasteiger charge is 2.32. The maximum atomic E-state index is 13.2. The first kappa shape index (κ1) is 21.5. The average Bonchev–Trinajstić information content (AvgIpc) is 2.96. The van der Waals surface area contributed by atoms with Crippen molar-refractivity contribution in [1.82, 2.24) is 14.4 Å². The average molecular weight is 420 g/mol. The molecule has 0 atom stereocenters. The fourth-order valence-electron chi connectivity index (χ4n) is 4.13. The van der Waals surface area contributed by atoms with E-state index in [1.165, 1.54) is 4.31 Å². The summed E-state index contributed by atoms with van der Waals surface area (Å²) in [5.41, 5.74) is 4.37. The second kappa shape index (κ2) is 8.28. The van der Waals surface area contributed by atoms with Crippen molar-refractivity contribution in [2.75, 3.05) is 26.2 Å². The number of amides is 1. The van der Waals surface area contributed by atoms with E-state index in [4.69, 9.17) is 4.52 Å². The minimum atomic E-state index is -3.57. The van der Waals surface area contributed by atoms with Gasteiger partial charge in [-0.3, -0.25) is 4.79 Å². The summed E-state index contributed by atoms with van der Waals surface area (Å²) >= 11 is 0. The lowest BCUT2D eigenvalue weighted by molar-refractivity contribution is -0.132. The molecule has 8 heteroatoms. The Morgan fingerprint density at radius 2 is 1.62 bits per heavy atom. The van der Waals surface area contributed by atoms with Crippen LogP contribution in [0.1, 0.15) is 40.1 Å². The van der Waals surface area contributed by atoms with Gasteiger partial charge in [0.15, 0.2) is 0 Å². The summed E-state index contributed by atoms with van der Waals surface area (Å²) in [4.78, 5) is 14.7. The highest BCUT2D eigenvalue weighted by molar-refractivity contribution is 7.89. The van der Waals surface area contributed by atoms with Gasteiger partial charge in [-0.25, -0.2) is 8.42 Å². The van der Waals surface area contributed by atoms with Gasteiger partial charge < -0.3 is 9.42 Å². The smallest absolute Gasteiger partial charge is 0.243 e. The van der Waals surface area contributed by atoms with Crippen LogP contribution >= 0.6 is 0 Å². The number of hydrogen-bond acceptors (Lipinski definition) is 5. The predicted molar refractivity (Wildman–Crippen MR) is 110 cm³/mol. The second-order valence-electron chi connectivity index (χ2n) is 7.82. The molecule has 1 saturated heterocycles. The zero-order chi connectivity index (χ0) is 21.3. The molecule has 0 N–H and O–H groups in total. The van der Waals surface area contributed by atoms with Gasteiger partial charge in [0.1, 0.15) is 5.76 Å². The molecule has 1 aliphatic heterocycles. The number of aryl methyl sites for hydroxylation is 5. The number of piperazine rings is 1. The van der Waals surface area contributed by atoms with Gasteiger partial charge in [0.05, 0.1) is 10.6 Å². The predicted octanol–water partition coefficient (Wildman–Crippen LogP) is 2.68. The first-order chi connectivity index (χ1) is 13.6. The zero-order valence-electron chi connectivity index (χ0n) is 17.8. The van der Waals surface area contributed by atoms with Crippen molar-refractivity contribution < 1.29 is 17.7 Å². The zero-order valence-corrected chi connectivity index (χ0v) is 18.6. The topological polar surface area (TPSA) is 83.7 Å². The Morgan fingerprint density at radius 1 is 1.03 bits per heavy atom. The molecule has 1 aromatic heterocycles. The molecule has 0 radical (unpaired) electrons. The number of aromatic nitrogens is 1. The molecular weight excluding hydrogens is 390 g/mol. The van der Waals surface area contributed by atoms with E-state index in [9.17, 15) is 13.2 Å². The first-order valence-corrected chi connectivity index (χ1v) is 11.3. The Morgan fingerprint density at radius 3 is 2.14 bits per heavy atom. The molecule has 7 nitrogen and oxygen atoms in total. The molecule has 2 heterocycles. The summed E-state index contributed by atoms with van der Waals surface area (Å²) in [5, 5.41) is 3.92. The highest BCUT2D eigenvalue weighted by Crippen LogP contribution is 2.26. The molecule has 0 bridgehead atoms. The molecule has 2 aromatic rings. The second-order valence-corrected chi connectivity index (χ2v) is 9.69. The van der Waals surface area contributed by atoms with Gasteiger partial charge in [0, 0.05) is 38.2 Å². The summed E-state index contributed by atoms with van der Waals surface area (Å²) in [6.45, 7) is 10.8. The molecule has 29 heavy (non-hydrogen) atoms. The molecule has 1 aliphatic rings. The summed E-state index contributed by atoms with van der Waals surface area (Å²) in [7, 11) is -3.57. The van der Waals surface area contributed by atoms with Gasteiger partial charge in [-0.15, -0.1) is 0 Å². The van der Waals surface area contributed by atoms with Gasteiger partial charge in [-0.1, -0.05) is 22.9 Å². The van der Waals surface area contributed by atoms with Crippen LogP contribution in [0.25, 0.3) is 0 Å². The van der Waals surface area contributed by atoms with Crippen LogP contribution in [0.2, 0.25) is 0 Å². The molecule has 0 aliphatic carbocycles. The largest absolute Gasteiger partial charge is 0.361 e. The molecule has 0 unspecified atom stereocenters.